The van der Waals surface area contributed by atoms with Crippen LogP contribution in [0.15, 0.2) is 48.5 Å². The number of nitrogens with zero attached hydrogens (tertiary/aromatic N) is 2. The molecule has 34 heavy (non-hydrogen) atoms. The van der Waals surface area contributed by atoms with Gasteiger partial charge < -0.3 is 20.0 Å². The van der Waals surface area contributed by atoms with E-state index in [-0.39, 0.29) is 24.0 Å². The Labute approximate surface area is 211 Å². The Morgan fingerprint density at radius 1 is 0.647 bits per heavy atom. The van der Waals surface area contributed by atoms with E-state index >= 15 is 0 Å². The molecule has 184 valence electrons. The van der Waals surface area contributed by atoms with Crippen LogP contribution in [0.3, 0.4) is 0 Å². The average molecular weight is 507 g/mol. The predicted octanol–water partition coefficient (Wildman–Crippen LogP) is 4.04. The molecule has 2 aromatic carbocycles. The van der Waals surface area contributed by atoms with Crippen LogP contribution >= 0.6 is 23.2 Å². The number of alkyl halides is 2. The number of hydrogen-bond acceptors (Lipinski definition) is 4. The van der Waals surface area contributed by atoms with E-state index in [9.17, 15) is 19.8 Å². The SMILES string of the molecule is O=C(c1ccc(CCl)cc1)N1CCC(O)CC1.O=C(c1ccc(CCl)cc1)N1CCC(O)CC1. The van der Waals surface area contributed by atoms with E-state index in [1.807, 2.05) is 48.5 Å². The molecule has 2 saturated heterocycles. The number of rotatable bonds is 4. The fraction of sp³-hybridized carbons (Fsp3) is 0.462. The van der Waals surface area contributed by atoms with Crippen molar-refractivity contribution < 1.29 is 19.8 Å². The largest absolute Gasteiger partial charge is 0.393 e. The molecular weight excluding hydrogens is 475 g/mol. The van der Waals surface area contributed by atoms with Crippen molar-refractivity contribution in [1.29, 1.82) is 0 Å². The Bertz CT molecular complexity index is 843. The summed E-state index contributed by atoms with van der Waals surface area (Å²) in [6.45, 7) is 2.54. The Morgan fingerprint density at radius 2 is 0.941 bits per heavy atom. The van der Waals surface area contributed by atoms with Gasteiger partial charge in [0.1, 0.15) is 0 Å². The zero-order valence-electron chi connectivity index (χ0n) is 19.2. The monoisotopic (exact) mass is 506 g/mol. The lowest BCUT2D eigenvalue weighted by Crippen LogP contribution is -2.40. The molecule has 0 atom stereocenters. The minimum atomic E-state index is -0.252. The summed E-state index contributed by atoms with van der Waals surface area (Å²) in [6.07, 6.45) is 2.18. The van der Waals surface area contributed by atoms with Gasteiger partial charge in [-0.2, -0.15) is 0 Å². The summed E-state index contributed by atoms with van der Waals surface area (Å²) in [5, 5.41) is 18.8. The third-order valence-electron chi connectivity index (χ3n) is 6.21. The molecule has 4 rings (SSSR count). The molecule has 0 radical (unpaired) electrons. The maximum atomic E-state index is 12.1. The standard InChI is InChI=1S/2C13H16ClNO2/c2*14-9-10-1-3-11(4-2-10)13(17)15-7-5-12(16)6-8-15/h2*1-4,12,16H,5-9H2. The van der Waals surface area contributed by atoms with Crippen LogP contribution in [0.2, 0.25) is 0 Å². The van der Waals surface area contributed by atoms with Crippen LogP contribution in [-0.2, 0) is 11.8 Å². The molecule has 0 aromatic heterocycles. The molecule has 2 aliphatic rings. The van der Waals surface area contributed by atoms with Gasteiger partial charge in [0.25, 0.3) is 11.8 Å². The number of carbonyl (C=O) groups excluding carboxylic acids is 2. The van der Waals surface area contributed by atoms with E-state index in [0.717, 1.165) is 11.1 Å². The molecule has 6 nitrogen and oxygen atoms in total. The molecule has 2 aliphatic heterocycles. The summed E-state index contributed by atoms with van der Waals surface area (Å²) < 4.78 is 0. The van der Waals surface area contributed by atoms with Crippen LogP contribution in [0, 0.1) is 0 Å². The van der Waals surface area contributed by atoms with Crippen LogP contribution in [0.25, 0.3) is 0 Å². The molecule has 0 spiro atoms. The summed E-state index contributed by atoms with van der Waals surface area (Å²) >= 11 is 11.4. The molecular formula is C26H32Cl2N2O4. The first kappa shape index (κ1) is 26.5. The number of piperidine rings is 2. The number of amides is 2. The second-order valence-electron chi connectivity index (χ2n) is 8.71. The molecule has 2 N–H and O–H groups in total. The van der Waals surface area contributed by atoms with Gasteiger partial charge in [-0.15, -0.1) is 23.2 Å². The highest BCUT2D eigenvalue weighted by atomic mass is 35.5. The van der Waals surface area contributed by atoms with Crippen molar-refractivity contribution in [2.45, 2.75) is 49.7 Å². The lowest BCUT2D eigenvalue weighted by atomic mass is 10.1. The zero-order valence-corrected chi connectivity index (χ0v) is 20.7. The number of carbonyl (C=O) groups is 2. The maximum absolute atomic E-state index is 12.1. The first-order valence-electron chi connectivity index (χ1n) is 11.7. The van der Waals surface area contributed by atoms with Crippen molar-refractivity contribution in [2.24, 2.45) is 0 Å². The highest BCUT2D eigenvalue weighted by Crippen LogP contribution is 2.16. The lowest BCUT2D eigenvalue weighted by Gasteiger charge is -2.29. The van der Waals surface area contributed by atoms with Gasteiger partial charge in [-0.25, -0.2) is 0 Å². The topological polar surface area (TPSA) is 81.1 Å². The second kappa shape index (κ2) is 13.1. The van der Waals surface area contributed by atoms with Crippen LogP contribution in [0.4, 0.5) is 0 Å². The fourth-order valence-electron chi connectivity index (χ4n) is 3.98. The summed E-state index contributed by atoms with van der Waals surface area (Å²) in [5.41, 5.74) is 3.40. The number of benzene rings is 2. The Kier molecular flexibility index (Phi) is 10.2. The van der Waals surface area contributed by atoms with Gasteiger partial charge in [0.2, 0.25) is 0 Å². The van der Waals surface area contributed by atoms with Gasteiger partial charge >= 0.3 is 0 Å². The van der Waals surface area contributed by atoms with E-state index in [1.165, 1.54) is 0 Å². The quantitative estimate of drug-likeness (QED) is 0.613. The van der Waals surface area contributed by atoms with Gasteiger partial charge in [0.05, 0.1) is 12.2 Å². The summed E-state index contributed by atoms with van der Waals surface area (Å²) in [4.78, 5) is 27.8. The van der Waals surface area contributed by atoms with Crippen molar-refractivity contribution in [2.75, 3.05) is 26.2 Å². The van der Waals surface area contributed by atoms with E-state index in [4.69, 9.17) is 23.2 Å². The molecule has 2 fully saturated rings. The van der Waals surface area contributed by atoms with Gasteiger partial charge in [-0.3, -0.25) is 9.59 Å². The molecule has 0 aliphatic carbocycles. The van der Waals surface area contributed by atoms with Crippen molar-refractivity contribution in [3.8, 4) is 0 Å². The van der Waals surface area contributed by atoms with Gasteiger partial charge in [0.15, 0.2) is 0 Å². The lowest BCUT2D eigenvalue weighted by molar-refractivity contribution is 0.0537. The first-order valence-corrected chi connectivity index (χ1v) is 12.7. The van der Waals surface area contributed by atoms with Crippen molar-refractivity contribution in [1.82, 2.24) is 9.80 Å². The van der Waals surface area contributed by atoms with Crippen LogP contribution < -0.4 is 0 Å². The van der Waals surface area contributed by atoms with Crippen LogP contribution in [-0.4, -0.2) is 70.2 Å². The molecule has 0 bridgehead atoms. The van der Waals surface area contributed by atoms with Crippen LogP contribution in [0.1, 0.15) is 57.5 Å². The number of aliphatic hydroxyl groups is 2. The second-order valence-corrected chi connectivity index (χ2v) is 9.24. The predicted molar refractivity (Wildman–Crippen MR) is 134 cm³/mol. The van der Waals surface area contributed by atoms with Crippen molar-refractivity contribution in [3.63, 3.8) is 0 Å². The molecule has 0 unspecified atom stereocenters. The summed E-state index contributed by atoms with van der Waals surface area (Å²) in [6, 6.07) is 14.7. The number of hydrogen-bond donors (Lipinski definition) is 2. The van der Waals surface area contributed by atoms with Gasteiger partial charge in [-0.05, 0) is 61.1 Å². The van der Waals surface area contributed by atoms with E-state index < -0.39 is 0 Å². The van der Waals surface area contributed by atoms with Crippen LogP contribution in [0.5, 0.6) is 0 Å². The fourth-order valence-corrected chi connectivity index (χ4v) is 4.33. The average Bonchev–Trinajstić information content (AvgIpc) is 2.89. The van der Waals surface area contributed by atoms with Crippen molar-refractivity contribution >= 4 is 35.0 Å². The van der Waals surface area contributed by atoms with E-state index in [0.29, 0.717) is 74.7 Å². The molecule has 0 saturated carbocycles. The van der Waals surface area contributed by atoms with Gasteiger partial charge in [-0.1, -0.05) is 24.3 Å². The third kappa shape index (κ3) is 7.44. The molecule has 2 aromatic rings. The highest BCUT2D eigenvalue weighted by molar-refractivity contribution is 6.17. The minimum Gasteiger partial charge on any atom is -0.393 e. The highest BCUT2D eigenvalue weighted by Gasteiger charge is 2.23. The Hall–Kier alpha value is -2.12. The number of aliphatic hydroxyl groups excluding tert-OH is 2. The van der Waals surface area contributed by atoms with E-state index in [2.05, 4.69) is 0 Å². The van der Waals surface area contributed by atoms with E-state index in [1.54, 1.807) is 9.80 Å². The first-order chi connectivity index (χ1) is 16.4. The number of likely N-dealkylation sites (tertiary alicyclic amines) is 2. The molecule has 2 heterocycles. The molecule has 8 heteroatoms. The third-order valence-corrected chi connectivity index (χ3v) is 6.83. The zero-order chi connectivity index (χ0) is 24.5. The summed E-state index contributed by atoms with van der Waals surface area (Å²) in [5.74, 6) is 1.01. The van der Waals surface area contributed by atoms with Gasteiger partial charge in [0, 0.05) is 49.1 Å². The normalized spacial score (nSPS) is 17.2. The molecule has 2 amide bonds. The Balaban J connectivity index is 0.000000191. The van der Waals surface area contributed by atoms with Crippen molar-refractivity contribution in [3.05, 3.63) is 70.8 Å². The Morgan fingerprint density at radius 3 is 1.21 bits per heavy atom. The maximum Gasteiger partial charge on any atom is 0.253 e. The smallest absolute Gasteiger partial charge is 0.253 e. The summed E-state index contributed by atoms with van der Waals surface area (Å²) in [7, 11) is 0. The number of halogens is 2. The minimum absolute atomic E-state index is 0.0398.